The van der Waals surface area contributed by atoms with Crippen LogP contribution in [0.1, 0.15) is 40.2 Å². The van der Waals surface area contributed by atoms with Crippen molar-refractivity contribution in [3.05, 3.63) is 29.8 Å². The lowest BCUT2D eigenvalue weighted by molar-refractivity contribution is 0.260. The lowest BCUT2D eigenvalue weighted by Crippen LogP contribution is -2.23. The highest BCUT2D eigenvalue weighted by molar-refractivity contribution is 6.46. The minimum Gasteiger partial charge on any atom is -0.432 e. The van der Waals surface area contributed by atoms with Crippen LogP contribution in [0, 0.1) is 0 Å². The van der Waals surface area contributed by atoms with Gasteiger partial charge in [0.15, 0.2) is 0 Å². The second-order valence-corrected chi connectivity index (χ2v) is 5.18. The molecule has 1 aromatic carbocycles. The molecule has 0 aliphatic carbocycles. The number of hydrogen-bond acceptors (Lipinski definition) is 1. The van der Waals surface area contributed by atoms with Gasteiger partial charge in [-0.3, -0.25) is 0 Å². The molecule has 0 bridgehead atoms. The van der Waals surface area contributed by atoms with E-state index >= 15 is 0 Å². The van der Waals surface area contributed by atoms with E-state index in [-0.39, 0.29) is 11.5 Å². The average molecular weight is 203 g/mol. The van der Waals surface area contributed by atoms with Crippen LogP contribution in [-0.4, -0.2) is 13.6 Å². The smallest absolute Gasteiger partial charge is 0.330 e. The minimum atomic E-state index is 0.196. The Kier molecular flexibility index (Phi) is 3.98. The van der Waals surface area contributed by atoms with Gasteiger partial charge in [-0.25, -0.2) is 0 Å². The van der Waals surface area contributed by atoms with Gasteiger partial charge in [-0.1, -0.05) is 50.5 Å². The summed E-state index contributed by atoms with van der Waals surface area (Å²) in [5.74, 6) is 0. The van der Waals surface area contributed by atoms with Crippen LogP contribution in [-0.2, 0) is 10.1 Å². The van der Waals surface area contributed by atoms with Crippen molar-refractivity contribution in [2.45, 2.75) is 46.1 Å². The van der Waals surface area contributed by atoms with Crippen molar-refractivity contribution in [1.29, 1.82) is 0 Å². The summed E-state index contributed by atoms with van der Waals surface area (Å²) in [6.45, 7) is 10.7. The molecule has 0 fully saturated rings. The highest BCUT2D eigenvalue weighted by Crippen LogP contribution is 2.20. The highest BCUT2D eigenvalue weighted by atomic mass is 16.4. The van der Waals surface area contributed by atoms with Gasteiger partial charge >= 0.3 is 7.48 Å². The van der Waals surface area contributed by atoms with Gasteiger partial charge in [-0.15, -0.1) is 0 Å². The van der Waals surface area contributed by atoms with E-state index in [1.54, 1.807) is 0 Å². The first kappa shape index (κ1) is 12.3. The molecule has 0 heterocycles. The van der Waals surface area contributed by atoms with Gasteiger partial charge < -0.3 is 4.65 Å². The zero-order chi connectivity index (χ0) is 11.5. The van der Waals surface area contributed by atoms with E-state index in [0.717, 1.165) is 5.46 Å². The fourth-order valence-corrected chi connectivity index (χ4v) is 1.29. The van der Waals surface area contributed by atoms with Crippen molar-refractivity contribution in [3.8, 4) is 0 Å². The quantitative estimate of drug-likeness (QED) is 0.686. The van der Waals surface area contributed by atoms with Crippen LogP contribution < -0.4 is 5.46 Å². The Balaban J connectivity index is 2.75. The molecule has 0 spiro atoms. The Morgan fingerprint density at radius 3 is 2.40 bits per heavy atom. The number of rotatable bonds is 3. The average Bonchev–Trinajstić information content (AvgIpc) is 2.14. The van der Waals surface area contributed by atoms with Crippen LogP contribution >= 0.6 is 0 Å². The fraction of sp³-hybridized carbons (Fsp3) is 0.538. The molecular formula is C13H20BO. The van der Waals surface area contributed by atoms with Crippen molar-refractivity contribution in [2.75, 3.05) is 0 Å². The standard InChI is InChI=1S/C13H20BO/c1-10(2)15-14-12-8-6-7-11(9-12)13(3,4)5/h6-10H,1-5H3. The molecule has 1 rings (SSSR count). The summed E-state index contributed by atoms with van der Waals surface area (Å²) < 4.78 is 5.47. The zero-order valence-electron chi connectivity index (χ0n) is 10.4. The third-order valence-corrected chi connectivity index (χ3v) is 2.23. The second-order valence-electron chi connectivity index (χ2n) is 5.18. The third-order valence-electron chi connectivity index (χ3n) is 2.23. The summed E-state index contributed by atoms with van der Waals surface area (Å²) >= 11 is 0. The molecule has 0 saturated carbocycles. The molecular weight excluding hydrogens is 183 g/mol. The lowest BCUT2D eigenvalue weighted by Gasteiger charge is -2.19. The number of benzene rings is 1. The summed E-state index contributed by atoms with van der Waals surface area (Å²) in [6.07, 6.45) is 0.239. The van der Waals surface area contributed by atoms with E-state index in [9.17, 15) is 0 Å². The molecule has 81 valence electrons. The fourth-order valence-electron chi connectivity index (χ4n) is 1.29. The Morgan fingerprint density at radius 1 is 1.20 bits per heavy atom. The van der Waals surface area contributed by atoms with Crippen molar-refractivity contribution >= 4 is 12.9 Å². The highest BCUT2D eigenvalue weighted by Gasteiger charge is 2.13. The molecule has 0 unspecified atom stereocenters. The third kappa shape index (κ3) is 4.09. The Labute approximate surface area is 94.1 Å². The molecule has 0 amide bonds. The number of hydrogen-bond donors (Lipinski definition) is 0. The maximum absolute atomic E-state index is 5.47. The van der Waals surface area contributed by atoms with Gasteiger partial charge in [-0.05, 0) is 24.8 Å². The van der Waals surface area contributed by atoms with Crippen molar-refractivity contribution < 1.29 is 4.65 Å². The molecule has 0 N–H and O–H groups in total. The van der Waals surface area contributed by atoms with Crippen LogP contribution in [0.4, 0.5) is 0 Å². The monoisotopic (exact) mass is 203 g/mol. The van der Waals surface area contributed by atoms with E-state index in [2.05, 4.69) is 45.0 Å². The van der Waals surface area contributed by atoms with Crippen molar-refractivity contribution in [3.63, 3.8) is 0 Å². The molecule has 0 atom stereocenters. The molecule has 0 aliphatic rings. The van der Waals surface area contributed by atoms with E-state index in [1.165, 1.54) is 5.56 Å². The molecule has 0 aliphatic heterocycles. The minimum absolute atomic E-state index is 0.196. The topological polar surface area (TPSA) is 9.23 Å². The van der Waals surface area contributed by atoms with Gasteiger partial charge in [0, 0.05) is 6.10 Å². The largest absolute Gasteiger partial charge is 0.432 e. The maximum Gasteiger partial charge on any atom is 0.330 e. The van der Waals surface area contributed by atoms with Gasteiger partial charge in [-0.2, -0.15) is 0 Å². The van der Waals surface area contributed by atoms with Crippen molar-refractivity contribution in [1.82, 2.24) is 0 Å². The predicted molar refractivity (Wildman–Crippen MR) is 66.8 cm³/mol. The molecule has 1 radical (unpaired) electrons. The van der Waals surface area contributed by atoms with E-state index in [0.29, 0.717) is 0 Å². The van der Waals surface area contributed by atoms with Crippen LogP contribution in [0.5, 0.6) is 0 Å². The Hall–Kier alpha value is -0.755. The molecule has 0 saturated heterocycles. The van der Waals surface area contributed by atoms with Crippen LogP contribution in [0.15, 0.2) is 24.3 Å². The molecule has 15 heavy (non-hydrogen) atoms. The van der Waals surface area contributed by atoms with Gasteiger partial charge in [0.2, 0.25) is 0 Å². The molecule has 2 heteroatoms. The molecule has 0 aromatic heterocycles. The van der Waals surface area contributed by atoms with Crippen LogP contribution in [0.3, 0.4) is 0 Å². The lowest BCUT2D eigenvalue weighted by atomic mass is 9.80. The van der Waals surface area contributed by atoms with Gasteiger partial charge in [0.05, 0.1) is 0 Å². The first-order chi connectivity index (χ1) is 6.89. The molecule has 1 nitrogen and oxygen atoms in total. The summed E-state index contributed by atoms with van der Waals surface area (Å²) in [4.78, 5) is 0. The predicted octanol–water partition coefficient (Wildman–Crippen LogP) is 2.65. The summed E-state index contributed by atoms with van der Waals surface area (Å²) in [6, 6.07) is 8.49. The summed E-state index contributed by atoms with van der Waals surface area (Å²) in [7, 11) is 1.83. The van der Waals surface area contributed by atoms with E-state index in [4.69, 9.17) is 4.65 Å². The van der Waals surface area contributed by atoms with Crippen LogP contribution in [0.2, 0.25) is 0 Å². The Morgan fingerprint density at radius 2 is 1.87 bits per heavy atom. The second kappa shape index (κ2) is 4.85. The van der Waals surface area contributed by atoms with Crippen LogP contribution in [0.25, 0.3) is 0 Å². The van der Waals surface area contributed by atoms with E-state index in [1.807, 2.05) is 21.3 Å². The van der Waals surface area contributed by atoms with Gasteiger partial charge in [0.25, 0.3) is 0 Å². The SMILES string of the molecule is CC(C)O[B]c1cccc(C(C)(C)C)c1. The first-order valence-corrected chi connectivity index (χ1v) is 5.49. The normalized spacial score (nSPS) is 11.9. The summed E-state index contributed by atoms with van der Waals surface area (Å²) in [5, 5.41) is 0. The Bertz CT molecular complexity index is 313. The zero-order valence-corrected chi connectivity index (χ0v) is 10.4. The molecule has 1 aromatic rings. The summed E-state index contributed by atoms with van der Waals surface area (Å²) in [5.41, 5.74) is 2.67. The van der Waals surface area contributed by atoms with E-state index < -0.39 is 0 Å². The first-order valence-electron chi connectivity index (χ1n) is 5.49. The maximum atomic E-state index is 5.47. The van der Waals surface area contributed by atoms with Gasteiger partial charge in [0.1, 0.15) is 0 Å². The van der Waals surface area contributed by atoms with Crippen molar-refractivity contribution in [2.24, 2.45) is 0 Å².